The summed E-state index contributed by atoms with van der Waals surface area (Å²) in [6, 6.07) is 11.5. The molecule has 0 fully saturated rings. The van der Waals surface area contributed by atoms with Gasteiger partial charge in [-0.05, 0) is 43.2 Å². The molecule has 0 atom stereocenters. The molecule has 0 bridgehead atoms. The Labute approximate surface area is 185 Å². The van der Waals surface area contributed by atoms with Crippen molar-refractivity contribution in [3.05, 3.63) is 82.8 Å². The zero-order chi connectivity index (χ0) is 22.7. The van der Waals surface area contributed by atoms with E-state index in [9.17, 15) is 14.0 Å². The van der Waals surface area contributed by atoms with Gasteiger partial charge in [0, 0.05) is 36.6 Å². The van der Waals surface area contributed by atoms with Crippen molar-refractivity contribution in [2.45, 2.75) is 39.3 Å². The number of anilines is 1. The van der Waals surface area contributed by atoms with Gasteiger partial charge in [0.25, 0.3) is 0 Å². The molecule has 3 aromatic rings. The van der Waals surface area contributed by atoms with E-state index in [-0.39, 0.29) is 30.6 Å². The lowest BCUT2D eigenvalue weighted by molar-refractivity contribution is -0.129. The van der Waals surface area contributed by atoms with E-state index in [1.165, 1.54) is 12.1 Å². The third-order valence-corrected chi connectivity index (χ3v) is 5.50. The van der Waals surface area contributed by atoms with Gasteiger partial charge in [0.1, 0.15) is 17.5 Å². The van der Waals surface area contributed by atoms with E-state index in [1.54, 1.807) is 41.2 Å². The Kier molecular flexibility index (Phi) is 6.20. The minimum Gasteiger partial charge on any atom is -0.338 e. The first-order chi connectivity index (χ1) is 15.4. The molecular weight excluding hydrogens is 409 g/mol. The van der Waals surface area contributed by atoms with E-state index >= 15 is 0 Å². The van der Waals surface area contributed by atoms with Crippen molar-refractivity contribution >= 4 is 17.6 Å². The summed E-state index contributed by atoms with van der Waals surface area (Å²) in [5, 5.41) is 0. The molecule has 1 aliphatic heterocycles. The molecule has 3 heterocycles. The van der Waals surface area contributed by atoms with Gasteiger partial charge in [-0.25, -0.2) is 14.4 Å². The lowest BCUT2D eigenvalue weighted by Gasteiger charge is -2.30. The average Bonchev–Trinajstić information content (AvgIpc) is 2.78. The molecule has 0 spiro atoms. The number of halogens is 1. The number of pyridine rings is 1. The Hall–Kier alpha value is -3.68. The molecule has 7 nitrogen and oxygen atoms in total. The van der Waals surface area contributed by atoms with E-state index < -0.39 is 0 Å². The summed E-state index contributed by atoms with van der Waals surface area (Å²) in [4.78, 5) is 41.9. The van der Waals surface area contributed by atoms with Crippen LogP contribution in [0.25, 0.3) is 0 Å². The van der Waals surface area contributed by atoms with Crippen molar-refractivity contribution in [2.75, 3.05) is 11.9 Å². The summed E-state index contributed by atoms with van der Waals surface area (Å²) < 4.78 is 13.3. The van der Waals surface area contributed by atoms with E-state index in [0.717, 1.165) is 16.8 Å². The van der Waals surface area contributed by atoms with Gasteiger partial charge in [-0.1, -0.05) is 18.2 Å². The summed E-state index contributed by atoms with van der Waals surface area (Å²) in [5.74, 6) is 0.584. The van der Waals surface area contributed by atoms with Crippen LogP contribution in [0.15, 0.2) is 48.7 Å². The van der Waals surface area contributed by atoms with Gasteiger partial charge in [-0.3, -0.25) is 19.5 Å². The number of nitrogens with zero attached hydrogens (tertiary/aromatic N) is 5. The first-order valence-electron chi connectivity index (χ1n) is 10.5. The summed E-state index contributed by atoms with van der Waals surface area (Å²) in [6.07, 6.45) is 2.80. The van der Waals surface area contributed by atoms with Crippen LogP contribution in [-0.2, 0) is 35.5 Å². The number of hydrogen-bond acceptors (Lipinski definition) is 5. The number of amides is 2. The molecule has 0 N–H and O–H groups in total. The molecule has 4 rings (SSSR count). The SMILES string of the molecule is Cc1nc(CN(C)C(=O)Cc2ccccn2)nc2c1CCC(=O)N2Cc1ccc(F)cc1. The van der Waals surface area contributed by atoms with Gasteiger partial charge in [-0.2, -0.15) is 0 Å². The molecule has 0 saturated carbocycles. The molecule has 2 aromatic heterocycles. The minimum absolute atomic E-state index is 0.0366. The van der Waals surface area contributed by atoms with Gasteiger partial charge in [0.2, 0.25) is 11.8 Å². The summed E-state index contributed by atoms with van der Waals surface area (Å²) in [7, 11) is 1.70. The molecular formula is C24H24FN5O2. The first kappa shape index (κ1) is 21.5. The van der Waals surface area contributed by atoms with Crippen molar-refractivity contribution in [1.82, 2.24) is 19.9 Å². The third kappa shape index (κ3) is 4.80. The van der Waals surface area contributed by atoms with Crippen LogP contribution in [0, 0.1) is 12.7 Å². The minimum atomic E-state index is -0.321. The number of carbonyl (C=O) groups excluding carboxylic acids is 2. The van der Waals surface area contributed by atoms with Crippen LogP contribution in [0.4, 0.5) is 10.2 Å². The highest BCUT2D eigenvalue weighted by molar-refractivity contribution is 5.95. The van der Waals surface area contributed by atoms with Crippen molar-refractivity contribution in [2.24, 2.45) is 0 Å². The molecule has 1 aliphatic rings. The first-order valence-corrected chi connectivity index (χ1v) is 10.5. The Morgan fingerprint density at radius 2 is 1.91 bits per heavy atom. The van der Waals surface area contributed by atoms with Gasteiger partial charge in [-0.15, -0.1) is 0 Å². The normalized spacial score (nSPS) is 13.1. The molecule has 0 aliphatic carbocycles. The van der Waals surface area contributed by atoms with Crippen LogP contribution in [0.5, 0.6) is 0 Å². The standard InChI is InChI=1S/C24H24FN5O2/c1-16-20-10-11-22(31)30(14-17-6-8-18(25)9-7-17)24(20)28-21(27-16)15-29(2)23(32)13-19-5-3-4-12-26-19/h3-9,12H,10-11,13-15H2,1-2H3. The molecule has 8 heteroatoms. The van der Waals surface area contributed by atoms with Gasteiger partial charge >= 0.3 is 0 Å². The fourth-order valence-electron chi connectivity index (χ4n) is 3.74. The van der Waals surface area contributed by atoms with Crippen LogP contribution in [0.2, 0.25) is 0 Å². The quantitative estimate of drug-likeness (QED) is 0.597. The van der Waals surface area contributed by atoms with Crippen LogP contribution in [0.1, 0.15) is 34.8 Å². The molecule has 164 valence electrons. The smallest absolute Gasteiger partial charge is 0.228 e. The second-order valence-corrected chi connectivity index (χ2v) is 7.88. The zero-order valence-corrected chi connectivity index (χ0v) is 18.1. The Morgan fingerprint density at radius 1 is 1.12 bits per heavy atom. The number of carbonyl (C=O) groups is 2. The highest BCUT2D eigenvalue weighted by atomic mass is 19.1. The Morgan fingerprint density at radius 3 is 2.62 bits per heavy atom. The molecule has 0 radical (unpaired) electrons. The van der Waals surface area contributed by atoms with Gasteiger partial charge < -0.3 is 4.90 Å². The summed E-state index contributed by atoms with van der Waals surface area (Å²) >= 11 is 0. The number of aryl methyl sites for hydroxylation is 1. The van der Waals surface area contributed by atoms with E-state index in [2.05, 4.69) is 15.0 Å². The maximum atomic E-state index is 13.3. The molecule has 1 aromatic carbocycles. The summed E-state index contributed by atoms with van der Waals surface area (Å²) in [5.41, 5.74) is 3.24. The van der Waals surface area contributed by atoms with Crippen molar-refractivity contribution < 1.29 is 14.0 Å². The van der Waals surface area contributed by atoms with E-state index in [1.807, 2.05) is 19.1 Å². The Balaban J connectivity index is 1.55. The fourth-order valence-corrected chi connectivity index (χ4v) is 3.74. The van der Waals surface area contributed by atoms with Crippen LogP contribution in [-0.4, -0.2) is 38.7 Å². The number of likely N-dealkylation sites (N-methyl/N-ethyl adjacent to an activating group) is 1. The second kappa shape index (κ2) is 9.21. The third-order valence-electron chi connectivity index (χ3n) is 5.50. The second-order valence-electron chi connectivity index (χ2n) is 7.88. The highest BCUT2D eigenvalue weighted by Gasteiger charge is 2.28. The largest absolute Gasteiger partial charge is 0.338 e. The molecule has 0 saturated heterocycles. The maximum Gasteiger partial charge on any atom is 0.228 e. The van der Waals surface area contributed by atoms with E-state index in [4.69, 9.17) is 0 Å². The van der Waals surface area contributed by atoms with Crippen molar-refractivity contribution in [3.8, 4) is 0 Å². The Bertz CT molecular complexity index is 1140. The average molecular weight is 433 g/mol. The molecule has 0 unspecified atom stereocenters. The topological polar surface area (TPSA) is 79.3 Å². The molecule has 2 amide bonds. The number of rotatable bonds is 6. The number of aromatic nitrogens is 3. The lowest BCUT2D eigenvalue weighted by Crippen LogP contribution is -2.37. The summed E-state index contributed by atoms with van der Waals surface area (Å²) in [6.45, 7) is 2.42. The van der Waals surface area contributed by atoms with Crippen LogP contribution < -0.4 is 4.90 Å². The van der Waals surface area contributed by atoms with Crippen LogP contribution >= 0.6 is 0 Å². The maximum absolute atomic E-state index is 13.3. The van der Waals surface area contributed by atoms with E-state index in [0.29, 0.717) is 36.7 Å². The number of benzene rings is 1. The molecule has 32 heavy (non-hydrogen) atoms. The number of hydrogen-bond donors (Lipinski definition) is 0. The van der Waals surface area contributed by atoms with Crippen LogP contribution in [0.3, 0.4) is 0 Å². The zero-order valence-electron chi connectivity index (χ0n) is 18.1. The van der Waals surface area contributed by atoms with Crippen molar-refractivity contribution in [1.29, 1.82) is 0 Å². The van der Waals surface area contributed by atoms with Crippen molar-refractivity contribution in [3.63, 3.8) is 0 Å². The monoisotopic (exact) mass is 433 g/mol. The van der Waals surface area contributed by atoms with Gasteiger partial charge in [0.05, 0.1) is 19.5 Å². The predicted molar refractivity (Wildman–Crippen MR) is 117 cm³/mol. The number of fused-ring (bicyclic) bond motifs is 1. The van der Waals surface area contributed by atoms with Gasteiger partial charge in [0.15, 0.2) is 0 Å². The fraction of sp³-hybridized carbons (Fsp3) is 0.292. The predicted octanol–water partition coefficient (Wildman–Crippen LogP) is 3.00. The highest BCUT2D eigenvalue weighted by Crippen LogP contribution is 2.29. The lowest BCUT2D eigenvalue weighted by atomic mass is 10.0.